The van der Waals surface area contributed by atoms with Crippen molar-refractivity contribution in [3.63, 3.8) is 0 Å². The van der Waals surface area contributed by atoms with E-state index < -0.39 is 5.97 Å². The molecule has 3 aromatic rings. The van der Waals surface area contributed by atoms with Gasteiger partial charge in [0.2, 0.25) is 0 Å². The van der Waals surface area contributed by atoms with Crippen molar-refractivity contribution in [3.05, 3.63) is 70.1 Å². The highest BCUT2D eigenvalue weighted by molar-refractivity contribution is 7.15. The molecule has 1 N–H and O–H groups in total. The summed E-state index contributed by atoms with van der Waals surface area (Å²) < 4.78 is 10.5. The molecule has 0 spiro atoms. The van der Waals surface area contributed by atoms with E-state index in [1.54, 1.807) is 0 Å². The second-order valence-electron chi connectivity index (χ2n) is 6.81. The number of thiophene rings is 1. The zero-order valence-corrected chi connectivity index (χ0v) is 17.7. The van der Waals surface area contributed by atoms with Crippen LogP contribution in [0.25, 0.3) is 11.1 Å². The minimum Gasteiger partial charge on any atom is -0.484 e. The Morgan fingerprint density at radius 1 is 0.966 bits per heavy atom. The standard InChI is InChI=1S/C23H23NO4S/c1-14-6-9-17(10-7-14)28-12-20(25)24-22-21(23(26)27-4)19(13-29-22)18-11-15(2)5-8-16(18)3/h5-11,13H,12H2,1-4H3,(H,24,25). The lowest BCUT2D eigenvalue weighted by molar-refractivity contribution is -0.118. The fourth-order valence-electron chi connectivity index (χ4n) is 2.92. The zero-order valence-electron chi connectivity index (χ0n) is 16.9. The molecule has 0 unspecified atom stereocenters. The number of anilines is 1. The van der Waals surface area contributed by atoms with Gasteiger partial charge in [-0.15, -0.1) is 11.3 Å². The number of carbonyl (C=O) groups excluding carboxylic acids is 2. The quantitative estimate of drug-likeness (QED) is 0.572. The normalized spacial score (nSPS) is 10.5. The van der Waals surface area contributed by atoms with Gasteiger partial charge in [0.05, 0.1) is 7.11 Å². The van der Waals surface area contributed by atoms with Crippen molar-refractivity contribution < 1.29 is 19.1 Å². The topological polar surface area (TPSA) is 64.6 Å². The maximum absolute atomic E-state index is 12.5. The average Bonchev–Trinajstić information content (AvgIpc) is 3.12. The number of hydrogen-bond donors (Lipinski definition) is 1. The highest BCUT2D eigenvalue weighted by Crippen LogP contribution is 2.38. The van der Waals surface area contributed by atoms with Gasteiger partial charge < -0.3 is 14.8 Å². The highest BCUT2D eigenvalue weighted by Gasteiger charge is 2.23. The molecule has 0 saturated heterocycles. The molecule has 0 saturated carbocycles. The van der Waals surface area contributed by atoms with Gasteiger partial charge in [-0.05, 0) is 44.0 Å². The molecule has 2 aromatic carbocycles. The molecule has 1 heterocycles. The smallest absolute Gasteiger partial charge is 0.341 e. The zero-order chi connectivity index (χ0) is 21.0. The van der Waals surface area contributed by atoms with Crippen molar-refractivity contribution >= 4 is 28.2 Å². The van der Waals surface area contributed by atoms with Gasteiger partial charge in [0.25, 0.3) is 5.91 Å². The first-order chi connectivity index (χ1) is 13.9. The molecule has 0 aliphatic rings. The van der Waals surface area contributed by atoms with Crippen molar-refractivity contribution in [2.24, 2.45) is 0 Å². The third kappa shape index (κ3) is 4.84. The van der Waals surface area contributed by atoms with Gasteiger partial charge in [0.15, 0.2) is 6.61 Å². The van der Waals surface area contributed by atoms with E-state index in [-0.39, 0.29) is 12.5 Å². The van der Waals surface area contributed by atoms with Crippen LogP contribution < -0.4 is 10.1 Å². The number of hydrogen-bond acceptors (Lipinski definition) is 5. The lowest BCUT2D eigenvalue weighted by Crippen LogP contribution is -2.21. The molecule has 0 bridgehead atoms. The largest absolute Gasteiger partial charge is 0.484 e. The van der Waals surface area contributed by atoms with E-state index in [1.165, 1.54) is 18.4 Å². The summed E-state index contributed by atoms with van der Waals surface area (Å²) in [4.78, 5) is 24.9. The van der Waals surface area contributed by atoms with E-state index in [2.05, 4.69) is 5.32 Å². The van der Waals surface area contributed by atoms with E-state index in [1.807, 2.05) is 68.6 Å². The molecule has 0 fully saturated rings. The first-order valence-electron chi connectivity index (χ1n) is 9.15. The van der Waals surface area contributed by atoms with Crippen LogP contribution in [0.2, 0.25) is 0 Å². The Bertz CT molecular complexity index is 1040. The van der Waals surface area contributed by atoms with Gasteiger partial charge in [0.1, 0.15) is 16.3 Å². The van der Waals surface area contributed by atoms with Crippen LogP contribution in [-0.2, 0) is 9.53 Å². The maximum Gasteiger partial charge on any atom is 0.341 e. The molecular weight excluding hydrogens is 386 g/mol. The lowest BCUT2D eigenvalue weighted by atomic mass is 9.97. The minimum atomic E-state index is -0.489. The van der Waals surface area contributed by atoms with E-state index >= 15 is 0 Å². The van der Waals surface area contributed by atoms with Crippen LogP contribution in [0.1, 0.15) is 27.0 Å². The summed E-state index contributed by atoms with van der Waals surface area (Å²) in [6.45, 7) is 5.81. The third-order valence-electron chi connectivity index (χ3n) is 4.51. The molecule has 0 aliphatic carbocycles. The molecule has 29 heavy (non-hydrogen) atoms. The summed E-state index contributed by atoms with van der Waals surface area (Å²) in [5, 5.41) is 5.10. The van der Waals surface area contributed by atoms with Crippen LogP contribution in [-0.4, -0.2) is 25.6 Å². The fourth-order valence-corrected chi connectivity index (χ4v) is 3.89. The molecule has 6 heteroatoms. The summed E-state index contributed by atoms with van der Waals surface area (Å²) >= 11 is 1.29. The number of benzene rings is 2. The van der Waals surface area contributed by atoms with E-state index in [0.29, 0.717) is 16.3 Å². The monoisotopic (exact) mass is 409 g/mol. The molecule has 5 nitrogen and oxygen atoms in total. The summed E-state index contributed by atoms with van der Waals surface area (Å²) in [6.07, 6.45) is 0. The van der Waals surface area contributed by atoms with Crippen LogP contribution in [0.15, 0.2) is 47.8 Å². The van der Waals surface area contributed by atoms with Gasteiger partial charge in [-0.1, -0.05) is 41.5 Å². The van der Waals surface area contributed by atoms with Crippen LogP contribution in [0.3, 0.4) is 0 Å². The molecule has 1 aromatic heterocycles. The first-order valence-corrected chi connectivity index (χ1v) is 10.0. The van der Waals surface area contributed by atoms with Gasteiger partial charge >= 0.3 is 5.97 Å². The number of esters is 1. The lowest BCUT2D eigenvalue weighted by Gasteiger charge is -2.11. The number of carbonyl (C=O) groups is 2. The third-order valence-corrected chi connectivity index (χ3v) is 5.40. The first kappa shape index (κ1) is 20.6. The number of nitrogens with one attached hydrogen (secondary N) is 1. The SMILES string of the molecule is COC(=O)c1c(-c2cc(C)ccc2C)csc1NC(=O)COc1ccc(C)cc1. The van der Waals surface area contributed by atoms with Gasteiger partial charge in [-0.25, -0.2) is 4.79 Å². The predicted octanol–water partition coefficient (Wildman–Crippen LogP) is 5.14. The van der Waals surface area contributed by atoms with Crippen molar-refractivity contribution in [3.8, 4) is 16.9 Å². The number of rotatable bonds is 6. The number of aryl methyl sites for hydroxylation is 3. The fraction of sp³-hybridized carbons (Fsp3) is 0.217. The summed E-state index contributed by atoms with van der Waals surface area (Å²) in [5.41, 5.74) is 5.29. The molecule has 0 aliphatic heterocycles. The Balaban J connectivity index is 1.82. The maximum atomic E-state index is 12.5. The van der Waals surface area contributed by atoms with Gasteiger partial charge in [-0.2, -0.15) is 0 Å². The Kier molecular flexibility index (Phi) is 6.34. The average molecular weight is 410 g/mol. The summed E-state index contributed by atoms with van der Waals surface area (Å²) in [6, 6.07) is 13.5. The summed E-state index contributed by atoms with van der Waals surface area (Å²) in [5.74, 6) is -0.219. The Labute approximate surface area is 174 Å². The van der Waals surface area contributed by atoms with Crippen molar-refractivity contribution in [1.29, 1.82) is 0 Å². The Hall–Kier alpha value is -3.12. The van der Waals surface area contributed by atoms with E-state index in [4.69, 9.17) is 9.47 Å². The van der Waals surface area contributed by atoms with Crippen LogP contribution in [0.4, 0.5) is 5.00 Å². The molecular formula is C23H23NO4S. The summed E-state index contributed by atoms with van der Waals surface area (Å²) in [7, 11) is 1.33. The van der Waals surface area contributed by atoms with Crippen molar-refractivity contribution in [1.82, 2.24) is 0 Å². The van der Waals surface area contributed by atoms with Crippen LogP contribution >= 0.6 is 11.3 Å². The molecule has 1 amide bonds. The molecule has 0 atom stereocenters. The predicted molar refractivity (Wildman–Crippen MR) is 116 cm³/mol. The highest BCUT2D eigenvalue weighted by atomic mass is 32.1. The van der Waals surface area contributed by atoms with E-state index in [0.717, 1.165) is 27.8 Å². The van der Waals surface area contributed by atoms with Crippen LogP contribution in [0.5, 0.6) is 5.75 Å². The number of ether oxygens (including phenoxy) is 2. The molecule has 150 valence electrons. The number of amides is 1. The number of methoxy groups -OCH3 is 1. The van der Waals surface area contributed by atoms with Crippen LogP contribution in [0, 0.1) is 20.8 Å². The van der Waals surface area contributed by atoms with Crippen molar-refractivity contribution in [2.75, 3.05) is 19.0 Å². The molecule has 0 radical (unpaired) electrons. The van der Waals surface area contributed by atoms with Gasteiger partial charge in [-0.3, -0.25) is 4.79 Å². The Morgan fingerprint density at radius 3 is 2.34 bits per heavy atom. The van der Waals surface area contributed by atoms with Crippen molar-refractivity contribution in [2.45, 2.75) is 20.8 Å². The molecule has 3 rings (SSSR count). The minimum absolute atomic E-state index is 0.152. The second-order valence-corrected chi connectivity index (χ2v) is 7.69. The second kappa shape index (κ2) is 8.92. The Morgan fingerprint density at radius 2 is 1.66 bits per heavy atom. The van der Waals surface area contributed by atoms with Gasteiger partial charge in [0, 0.05) is 10.9 Å². The van der Waals surface area contributed by atoms with E-state index in [9.17, 15) is 9.59 Å².